The standard InChI is InChI=1S/C15H13NO4/c1-9-6-14(18)16(15(9)19)8-11(17)13-7-10-4-2-3-5-12(10)20-13/h2-5,7,9H,6,8H2,1H3. The van der Waals surface area contributed by atoms with E-state index in [0.717, 1.165) is 10.3 Å². The van der Waals surface area contributed by atoms with E-state index in [2.05, 4.69) is 0 Å². The van der Waals surface area contributed by atoms with E-state index in [1.165, 1.54) is 0 Å². The molecule has 1 unspecified atom stereocenters. The summed E-state index contributed by atoms with van der Waals surface area (Å²) in [4.78, 5) is 36.6. The van der Waals surface area contributed by atoms with Gasteiger partial charge in [-0.1, -0.05) is 25.1 Å². The van der Waals surface area contributed by atoms with Crippen molar-refractivity contribution in [3.05, 3.63) is 36.1 Å². The van der Waals surface area contributed by atoms with Crippen LogP contribution in [-0.4, -0.2) is 29.0 Å². The first kappa shape index (κ1) is 12.6. The molecule has 1 saturated heterocycles. The molecule has 0 radical (unpaired) electrons. The minimum Gasteiger partial charge on any atom is -0.453 e. The lowest BCUT2D eigenvalue weighted by Crippen LogP contribution is -2.35. The van der Waals surface area contributed by atoms with Gasteiger partial charge in [0.25, 0.3) is 0 Å². The number of furan rings is 1. The first-order chi connectivity index (χ1) is 9.56. The van der Waals surface area contributed by atoms with Gasteiger partial charge in [-0.3, -0.25) is 19.3 Å². The van der Waals surface area contributed by atoms with Crippen molar-refractivity contribution < 1.29 is 18.8 Å². The average molecular weight is 271 g/mol. The summed E-state index contributed by atoms with van der Waals surface area (Å²) in [5.41, 5.74) is 0.614. The lowest BCUT2D eigenvalue weighted by Gasteiger charge is -2.11. The number of carbonyl (C=O) groups is 3. The Balaban J connectivity index is 1.83. The number of para-hydroxylation sites is 1. The molecule has 5 heteroatoms. The molecule has 3 rings (SSSR count). The fourth-order valence-electron chi connectivity index (χ4n) is 2.36. The fraction of sp³-hybridized carbons (Fsp3) is 0.267. The van der Waals surface area contributed by atoms with Gasteiger partial charge in [0, 0.05) is 17.7 Å². The zero-order valence-corrected chi connectivity index (χ0v) is 11.0. The van der Waals surface area contributed by atoms with Crippen molar-refractivity contribution >= 4 is 28.6 Å². The molecule has 0 saturated carbocycles. The SMILES string of the molecule is CC1CC(=O)N(CC(=O)c2cc3ccccc3o2)C1=O. The Bertz CT molecular complexity index is 682. The number of amides is 2. The third-order valence-corrected chi connectivity index (χ3v) is 3.47. The Morgan fingerprint density at radius 1 is 1.35 bits per heavy atom. The number of hydrogen-bond donors (Lipinski definition) is 0. The van der Waals surface area contributed by atoms with E-state index in [1.54, 1.807) is 19.1 Å². The lowest BCUT2D eigenvalue weighted by atomic mass is 10.1. The van der Waals surface area contributed by atoms with Crippen molar-refractivity contribution in [2.24, 2.45) is 5.92 Å². The third-order valence-electron chi connectivity index (χ3n) is 3.47. The minimum absolute atomic E-state index is 0.173. The highest BCUT2D eigenvalue weighted by atomic mass is 16.3. The monoisotopic (exact) mass is 271 g/mol. The van der Waals surface area contributed by atoms with Crippen LogP contribution in [0.1, 0.15) is 23.9 Å². The molecule has 20 heavy (non-hydrogen) atoms. The van der Waals surface area contributed by atoms with E-state index >= 15 is 0 Å². The lowest BCUT2D eigenvalue weighted by molar-refractivity contribution is -0.138. The molecule has 1 aliphatic rings. The Labute approximate surface area is 115 Å². The van der Waals surface area contributed by atoms with E-state index in [-0.39, 0.29) is 42.2 Å². The van der Waals surface area contributed by atoms with Crippen LogP contribution in [0.4, 0.5) is 0 Å². The maximum absolute atomic E-state index is 12.1. The summed E-state index contributed by atoms with van der Waals surface area (Å²) in [5, 5.41) is 0.822. The molecular weight excluding hydrogens is 258 g/mol. The van der Waals surface area contributed by atoms with Crippen molar-refractivity contribution in [1.29, 1.82) is 0 Å². The first-order valence-electron chi connectivity index (χ1n) is 6.42. The van der Waals surface area contributed by atoms with Gasteiger partial charge >= 0.3 is 0 Å². The average Bonchev–Trinajstić information content (AvgIpc) is 2.95. The molecule has 1 aromatic heterocycles. The second-order valence-electron chi connectivity index (χ2n) is 4.99. The first-order valence-corrected chi connectivity index (χ1v) is 6.42. The van der Waals surface area contributed by atoms with Gasteiger partial charge in [0.2, 0.25) is 17.6 Å². The van der Waals surface area contributed by atoms with Crippen LogP contribution in [0.5, 0.6) is 0 Å². The largest absolute Gasteiger partial charge is 0.453 e. The fourth-order valence-corrected chi connectivity index (χ4v) is 2.36. The summed E-state index contributed by atoms with van der Waals surface area (Å²) >= 11 is 0. The number of imide groups is 1. The van der Waals surface area contributed by atoms with Gasteiger partial charge in [0.15, 0.2) is 5.76 Å². The van der Waals surface area contributed by atoms with Gasteiger partial charge in [0.05, 0.1) is 6.54 Å². The Morgan fingerprint density at radius 3 is 2.75 bits per heavy atom. The van der Waals surface area contributed by atoms with E-state index in [1.807, 2.05) is 18.2 Å². The summed E-state index contributed by atoms with van der Waals surface area (Å²) in [5.74, 6) is -1.12. The highest BCUT2D eigenvalue weighted by Gasteiger charge is 2.37. The Hall–Kier alpha value is -2.43. The third kappa shape index (κ3) is 2.01. The summed E-state index contributed by atoms with van der Waals surface area (Å²) in [6, 6.07) is 8.90. The second kappa shape index (κ2) is 4.59. The van der Waals surface area contributed by atoms with Crippen LogP contribution in [0.15, 0.2) is 34.7 Å². The molecule has 0 spiro atoms. The molecule has 2 amide bonds. The number of likely N-dealkylation sites (tertiary alicyclic amines) is 1. The molecule has 5 nitrogen and oxygen atoms in total. The smallest absolute Gasteiger partial charge is 0.232 e. The van der Waals surface area contributed by atoms with Gasteiger partial charge in [-0.15, -0.1) is 0 Å². The quantitative estimate of drug-likeness (QED) is 0.632. The number of hydrogen-bond acceptors (Lipinski definition) is 4. The van der Waals surface area contributed by atoms with Gasteiger partial charge in [0.1, 0.15) is 5.58 Å². The maximum atomic E-state index is 12.1. The van der Waals surface area contributed by atoms with Crippen molar-refractivity contribution in [3.8, 4) is 0 Å². The van der Waals surface area contributed by atoms with E-state index in [4.69, 9.17) is 4.42 Å². The number of Topliss-reactive ketones (excluding diaryl/α,β-unsaturated/α-hetero) is 1. The number of ketones is 1. The Morgan fingerprint density at radius 2 is 2.10 bits per heavy atom. The predicted molar refractivity (Wildman–Crippen MR) is 71.0 cm³/mol. The van der Waals surface area contributed by atoms with E-state index in [0.29, 0.717) is 5.58 Å². The molecule has 1 atom stereocenters. The van der Waals surface area contributed by atoms with Crippen molar-refractivity contribution in [2.45, 2.75) is 13.3 Å². The van der Waals surface area contributed by atoms with Gasteiger partial charge in [-0.25, -0.2) is 0 Å². The summed E-state index contributed by atoms with van der Waals surface area (Å²) < 4.78 is 5.44. The molecule has 1 aliphatic heterocycles. The normalized spacial score (nSPS) is 19.1. The van der Waals surface area contributed by atoms with Crippen LogP contribution in [0, 0.1) is 5.92 Å². The van der Waals surface area contributed by atoms with Crippen molar-refractivity contribution in [2.75, 3.05) is 6.54 Å². The van der Waals surface area contributed by atoms with Crippen LogP contribution in [0.25, 0.3) is 11.0 Å². The van der Waals surface area contributed by atoms with Crippen LogP contribution >= 0.6 is 0 Å². The zero-order valence-electron chi connectivity index (χ0n) is 11.0. The van der Waals surface area contributed by atoms with Crippen LogP contribution in [0.2, 0.25) is 0 Å². The second-order valence-corrected chi connectivity index (χ2v) is 4.99. The number of benzene rings is 1. The van der Waals surface area contributed by atoms with E-state index < -0.39 is 0 Å². The molecule has 2 aromatic rings. The van der Waals surface area contributed by atoms with Gasteiger partial charge in [-0.2, -0.15) is 0 Å². The summed E-state index contributed by atoms with van der Waals surface area (Å²) in [6.07, 6.45) is 0.173. The molecule has 1 aromatic carbocycles. The van der Waals surface area contributed by atoms with Crippen molar-refractivity contribution in [3.63, 3.8) is 0 Å². The number of nitrogens with zero attached hydrogens (tertiary/aromatic N) is 1. The molecule has 102 valence electrons. The highest BCUT2D eigenvalue weighted by Crippen LogP contribution is 2.22. The summed E-state index contributed by atoms with van der Waals surface area (Å²) in [7, 11) is 0. The molecule has 2 heterocycles. The van der Waals surface area contributed by atoms with Crippen LogP contribution in [0.3, 0.4) is 0 Å². The van der Waals surface area contributed by atoms with Crippen LogP contribution in [-0.2, 0) is 9.59 Å². The highest BCUT2D eigenvalue weighted by molar-refractivity contribution is 6.08. The number of carbonyl (C=O) groups excluding carboxylic acids is 3. The van der Waals surface area contributed by atoms with Gasteiger partial charge in [-0.05, 0) is 12.1 Å². The molecule has 0 N–H and O–H groups in total. The molecular formula is C15H13NO4. The number of fused-ring (bicyclic) bond motifs is 1. The molecule has 0 aliphatic carbocycles. The van der Waals surface area contributed by atoms with Crippen LogP contribution < -0.4 is 0 Å². The van der Waals surface area contributed by atoms with E-state index in [9.17, 15) is 14.4 Å². The maximum Gasteiger partial charge on any atom is 0.232 e. The topological polar surface area (TPSA) is 67.6 Å². The number of rotatable bonds is 3. The Kier molecular flexibility index (Phi) is 2.89. The van der Waals surface area contributed by atoms with Gasteiger partial charge < -0.3 is 4.42 Å². The minimum atomic E-state index is -0.364. The molecule has 0 bridgehead atoms. The summed E-state index contributed by atoms with van der Waals surface area (Å²) in [6.45, 7) is 1.44. The zero-order chi connectivity index (χ0) is 14.3. The molecule has 1 fully saturated rings. The van der Waals surface area contributed by atoms with Crippen molar-refractivity contribution in [1.82, 2.24) is 4.90 Å². The predicted octanol–water partition coefficient (Wildman–Crippen LogP) is 2.01.